The van der Waals surface area contributed by atoms with Crippen LogP contribution >= 0.6 is 0 Å². The van der Waals surface area contributed by atoms with Gasteiger partial charge >= 0.3 is 0 Å². The van der Waals surface area contributed by atoms with Crippen LogP contribution in [0.5, 0.6) is 0 Å². The van der Waals surface area contributed by atoms with Crippen LogP contribution in [0.2, 0.25) is 0 Å². The van der Waals surface area contributed by atoms with Gasteiger partial charge in [0.05, 0.1) is 0 Å². The molecule has 1 N–H and O–H groups in total. The van der Waals surface area contributed by atoms with Crippen LogP contribution in [0.25, 0.3) is 0 Å². The summed E-state index contributed by atoms with van der Waals surface area (Å²) in [5.41, 5.74) is 0. The molecule has 0 aromatic carbocycles. The molecule has 0 aromatic rings. The summed E-state index contributed by atoms with van der Waals surface area (Å²) in [7, 11) is 0. The molecule has 0 radical (unpaired) electrons. The van der Waals surface area contributed by atoms with Gasteiger partial charge in [-0.15, -0.1) is 0 Å². The Morgan fingerprint density at radius 3 is 2.43 bits per heavy atom. The first-order valence-electron chi connectivity index (χ1n) is 2.95. The fraction of sp³-hybridized carbons (Fsp3) is 1.00. The number of rotatable bonds is 2. The van der Waals surface area contributed by atoms with E-state index in [4.69, 9.17) is 5.11 Å². The van der Waals surface area contributed by atoms with Crippen LogP contribution in [0.4, 0.5) is 0 Å². The molecule has 0 saturated heterocycles. The Hall–Kier alpha value is -0.0400. The minimum atomic E-state index is 0.380. The van der Waals surface area contributed by atoms with Gasteiger partial charge in [0, 0.05) is 6.61 Å². The average Bonchev–Trinajstić information content (AvgIpc) is 2.44. The SMILES string of the molecule is CC(CO)C1CC1. The highest BCUT2D eigenvalue weighted by Gasteiger charge is 2.26. The van der Waals surface area contributed by atoms with E-state index in [0.717, 1.165) is 5.92 Å². The van der Waals surface area contributed by atoms with Crippen molar-refractivity contribution in [1.29, 1.82) is 0 Å². The normalized spacial score (nSPS) is 24.9. The van der Waals surface area contributed by atoms with Gasteiger partial charge in [-0.2, -0.15) is 0 Å². The lowest BCUT2D eigenvalue weighted by atomic mass is 10.1. The maximum Gasteiger partial charge on any atom is 0.0459 e. The molecule has 0 bridgehead atoms. The second kappa shape index (κ2) is 1.83. The third-order valence-electron chi connectivity index (χ3n) is 1.71. The molecule has 1 saturated carbocycles. The van der Waals surface area contributed by atoms with Crippen LogP contribution in [-0.4, -0.2) is 11.7 Å². The van der Waals surface area contributed by atoms with E-state index in [9.17, 15) is 0 Å². The molecule has 42 valence electrons. The van der Waals surface area contributed by atoms with Gasteiger partial charge in [-0.1, -0.05) is 6.92 Å². The Morgan fingerprint density at radius 2 is 2.29 bits per heavy atom. The van der Waals surface area contributed by atoms with Crippen LogP contribution < -0.4 is 0 Å². The molecule has 1 unspecified atom stereocenters. The molecule has 1 atom stereocenters. The molecule has 1 rings (SSSR count). The maximum atomic E-state index is 8.55. The molecule has 0 aliphatic heterocycles. The van der Waals surface area contributed by atoms with E-state index >= 15 is 0 Å². The second-order valence-corrected chi connectivity index (χ2v) is 2.50. The predicted octanol–water partition coefficient (Wildman–Crippen LogP) is 1.02. The minimum absolute atomic E-state index is 0.380. The number of aliphatic hydroxyl groups is 1. The van der Waals surface area contributed by atoms with Gasteiger partial charge in [0.1, 0.15) is 0 Å². The Labute approximate surface area is 44.4 Å². The van der Waals surface area contributed by atoms with Gasteiger partial charge in [-0.3, -0.25) is 0 Å². The third kappa shape index (κ3) is 1.16. The summed E-state index contributed by atoms with van der Waals surface area (Å²) in [6.07, 6.45) is 2.70. The zero-order chi connectivity index (χ0) is 5.28. The summed E-state index contributed by atoms with van der Waals surface area (Å²) in [6.45, 7) is 2.49. The molecule has 0 heterocycles. The molecule has 1 aliphatic carbocycles. The lowest BCUT2D eigenvalue weighted by Crippen LogP contribution is -2.01. The summed E-state index contributed by atoms with van der Waals surface area (Å²) < 4.78 is 0. The average molecular weight is 100 g/mol. The zero-order valence-corrected chi connectivity index (χ0v) is 4.72. The fourth-order valence-corrected chi connectivity index (χ4v) is 0.814. The van der Waals surface area contributed by atoms with Gasteiger partial charge in [-0.05, 0) is 24.7 Å². The molecule has 0 amide bonds. The highest BCUT2D eigenvalue weighted by Crippen LogP contribution is 2.35. The van der Waals surface area contributed by atoms with E-state index in [1.165, 1.54) is 12.8 Å². The van der Waals surface area contributed by atoms with E-state index in [1.54, 1.807) is 0 Å². The van der Waals surface area contributed by atoms with Crippen LogP contribution in [-0.2, 0) is 0 Å². The molecule has 7 heavy (non-hydrogen) atoms. The van der Waals surface area contributed by atoms with Crippen LogP contribution in [0, 0.1) is 11.8 Å². The van der Waals surface area contributed by atoms with Gasteiger partial charge in [0.15, 0.2) is 0 Å². The van der Waals surface area contributed by atoms with E-state index in [1.807, 2.05) is 0 Å². The van der Waals surface area contributed by atoms with E-state index < -0.39 is 0 Å². The van der Waals surface area contributed by atoms with Crippen molar-refractivity contribution in [2.24, 2.45) is 11.8 Å². The smallest absolute Gasteiger partial charge is 0.0459 e. The van der Waals surface area contributed by atoms with Crippen molar-refractivity contribution in [3.05, 3.63) is 0 Å². The molecule has 1 heteroatoms. The summed E-state index contributed by atoms with van der Waals surface area (Å²) >= 11 is 0. The van der Waals surface area contributed by atoms with Crippen molar-refractivity contribution < 1.29 is 5.11 Å². The maximum absolute atomic E-state index is 8.55. The van der Waals surface area contributed by atoms with Gasteiger partial charge in [-0.25, -0.2) is 0 Å². The number of hydrogen-bond donors (Lipinski definition) is 1. The predicted molar refractivity (Wildman–Crippen MR) is 29.0 cm³/mol. The zero-order valence-electron chi connectivity index (χ0n) is 4.72. The molecular formula is C6H12O. The summed E-state index contributed by atoms with van der Waals surface area (Å²) in [4.78, 5) is 0. The van der Waals surface area contributed by atoms with Crippen molar-refractivity contribution in [1.82, 2.24) is 0 Å². The Morgan fingerprint density at radius 1 is 1.71 bits per heavy atom. The Balaban J connectivity index is 2.10. The first-order chi connectivity index (χ1) is 3.34. The Kier molecular flexibility index (Phi) is 1.33. The van der Waals surface area contributed by atoms with Crippen LogP contribution in [0.1, 0.15) is 19.8 Å². The number of aliphatic hydroxyl groups excluding tert-OH is 1. The highest BCUT2D eigenvalue weighted by atomic mass is 16.3. The molecule has 0 spiro atoms. The molecule has 1 fully saturated rings. The van der Waals surface area contributed by atoms with E-state index in [0.29, 0.717) is 12.5 Å². The topological polar surface area (TPSA) is 20.2 Å². The fourth-order valence-electron chi connectivity index (χ4n) is 0.814. The van der Waals surface area contributed by atoms with Crippen molar-refractivity contribution in [2.75, 3.05) is 6.61 Å². The lowest BCUT2D eigenvalue weighted by Gasteiger charge is -2.00. The van der Waals surface area contributed by atoms with Crippen LogP contribution in [0.15, 0.2) is 0 Å². The van der Waals surface area contributed by atoms with Gasteiger partial charge < -0.3 is 5.11 Å². The van der Waals surface area contributed by atoms with Crippen molar-refractivity contribution in [3.8, 4) is 0 Å². The number of hydrogen-bond acceptors (Lipinski definition) is 1. The molecular weight excluding hydrogens is 88.1 g/mol. The monoisotopic (exact) mass is 100 g/mol. The lowest BCUT2D eigenvalue weighted by molar-refractivity contribution is 0.222. The first kappa shape index (κ1) is 5.10. The minimum Gasteiger partial charge on any atom is -0.396 e. The summed E-state index contributed by atoms with van der Waals surface area (Å²) in [5, 5.41) is 8.55. The van der Waals surface area contributed by atoms with Crippen molar-refractivity contribution in [2.45, 2.75) is 19.8 Å². The van der Waals surface area contributed by atoms with Crippen LogP contribution in [0.3, 0.4) is 0 Å². The van der Waals surface area contributed by atoms with Gasteiger partial charge in [0.2, 0.25) is 0 Å². The van der Waals surface area contributed by atoms with E-state index in [-0.39, 0.29) is 0 Å². The largest absolute Gasteiger partial charge is 0.396 e. The molecule has 1 aliphatic rings. The summed E-state index contributed by atoms with van der Waals surface area (Å²) in [5.74, 6) is 1.44. The highest BCUT2D eigenvalue weighted by molar-refractivity contribution is 4.77. The third-order valence-corrected chi connectivity index (χ3v) is 1.71. The molecule has 1 nitrogen and oxygen atoms in total. The summed E-state index contributed by atoms with van der Waals surface area (Å²) in [6, 6.07) is 0. The van der Waals surface area contributed by atoms with Crippen molar-refractivity contribution >= 4 is 0 Å². The van der Waals surface area contributed by atoms with E-state index in [2.05, 4.69) is 6.92 Å². The van der Waals surface area contributed by atoms with Crippen molar-refractivity contribution in [3.63, 3.8) is 0 Å². The molecule has 0 aromatic heterocycles. The van der Waals surface area contributed by atoms with Gasteiger partial charge in [0.25, 0.3) is 0 Å². The second-order valence-electron chi connectivity index (χ2n) is 2.50. The Bertz CT molecular complexity index is 57.2. The quantitative estimate of drug-likeness (QED) is 0.549. The standard InChI is InChI=1S/C6H12O/c1-5(4-7)6-2-3-6/h5-7H,2-4H2,1H3. The first-order valence-corrected chi connectivity index (χ1v) is 2.95.